The van der Waals surface area contributed by atoms with Crippen LogP contribution < -0.4 is 0 Å². The summed E-state index contributed by atoms with van der Waals surface area (Å²) in [5.74, 6) is -1.03. The van der Waals surface area contributed by atoms with Crippen molar-refractivity contribution in [3.63, 3.8) is 0 Å². The van der Waals surface area contributed by atoms with Crippen LogP contribution in [0.3, 0.4) is 0 Å². The highest BCUT2D eigenvalue weighted by Gasteiger charge is 2.28. The van der Waals surface area contributed by atoms with Crippen LogP contribution in [0.4, 0.5) is 0 Å². The Kier molecular flexibility index (Phi) is 4.32. The number of aromatic nitrogens is 2. The van der Waals surface area contributed by atoms with E-state index in [-0.39, 0.29) is 5.97 Å². The highest BCUT2D eigenvalue weighted by molar-refractivity contribution is 5.87. The molecule has 0 aliphatic carbocycles. The first kappa shape index (κ1) is 17.2. The zero-order valence-corrected chi connectivity index (χ0v) is 15.6. The van der Waals surface area contributed by atoms with Crippen LogP contribution in [0.1, 0.15) is 28.4 Å². The normalized spacial score (nSPS) is 11.3. The lowest BCUT2D eigenvalue weighted by atomic mass is 9.95. The molecule has 4 nitrogen and oxygen atoms in total. The highest BCUT2D eigenvalue weighted by Crippen LogP contribution is 2.29. The molecule has 0 fully saturated rings. The number of hydrogen-bond acceptors (Lipinski definition) is 4. The number of methoxy groups -OCH3 is 1. The number of hydrogen-bond donors (Lipinski definition) is 0. The molecule has 2 heterocycles. The smallest absolute Gasteiger partial charge is 0.320 e. The molecule has 0 bridgehead atoms. The molecule has 4 rings (SSSR count). The first-order chi connectivity index (χ1) is 13.1. The van der Waals surface area contributed by atoms with Gasteiger partial charge in [0.15, 0.2) is 0 Å². The van der Waals surface area contributed by atoms with Gasteiger partial charge in [0, 0.05) is 10.8 Å². The van der Waals surface area contributed by atoms with Gasteiger partial charge in [0.2, 0.25) is 0 Å². The van der Waals surface area contributed by atoms with Crippen molar-refractivity contribution < 1.29 is 9.53 Å². The first-order valence-corrected chi connectivity index (χ1v) is 8.89. The molecular formula is C23H20N2O2. The van der Waals surface area contributed by atoms with Crippen molar-refractivity contribution in [3.05, 3.63) is 83.2 Å². The predicted octanol–water partition coefficient (Wildman–Crippen LogP) is 4.70. The van der Waals surface area contributed by atoms with E-state index in [9.17, 15) is 4.79 Å². The number of carbonyl (C=O) groups is 1. The van der Waals surface area contributed by atoms with E-state index in [1.807, 2.05) is 74.5 Å². The lowest BCUT2D eigenvalue weighted by Crippen LogP contribution is -2.18. The molecule has 0 aliphatic heterocycles. The number of esters is 1. The maximum Gasteiger partial charge on any atom is 0.320 e. The molecule has 0 atom stereocenters. The van der Waals surface area contributed by atoms with Gasteiger partial charge in [-0.05, 0) is 49.2 Å². The number of ether oxygens (including phenoxy) is 1. The lowest BCUT2D eigenvalue weighted by molar-refractivity contribution is -0.141. The van der Waals surface area contributed by atoms with Crippen molar-refractivity contribution in [3.8, 4) is 0 Å². The van der Waals surface area contributed by atoms with Crippen LogP contribution in [0.2, 0.25) is 0 Å². The number of para-hydroxylation sites is 2. The van der Waals surface area contributed by atoms with Gasteiger partial charge in [-0.3, -0.25) is 14.8 Å². The van der Waals surface area contributed by atoms with Gasteiger partial charge in [0.1, 0.15) is 5.92 Å². The fourth-order valence-corrected chi connectivity index (χ4v) is 3.56. The highest BCUT2D eigenvalue weighted by atomic mass is 16.5. The molecule has 0 N–H and O–H groups in total. The summed E-state index contributed by atoms with van der Waals surface area (Å²) >= 11 is 0. The van der Waals surface area contributed by atoms with Crippen molar-refractivity contribution >= 4 is 27.8 Å². The Hall–Kier alpha value is -3.27. The van der Waals surface area contributed by atoms with Gasteiger partial charge in [0.05, 0.1) is 29.5 Å². The monoisotopic (exact) mass is 356 g/mol. The van der Waals surface area contributed by atoms with E-state index in [2.05, 4.69) is 0 Å². The summed E-state index contributed by atoms with van der Waals surface area (Å²) in [6, 6.07) is 19.8. The molecule has 27 heavy (non-hydrogen) atoms. The third-order valence-electron chi connectivity index (χ3n) is 4.91. The fourth-order valence-electron chi connectivity index (χ4n) is 3.56. The molecule has 4 aromatic rings. The van der Waals surface area contributed by atoms with E-state index in [0.717, 1.165) is 32.9 Å². The quantitative estimate of drug-likeness (QED) is 0.499. The van der Waals surface area contributed by atoms with Crippen molar-refractivity contribution in [1.29, 1.82) is 0 Å². The van der Waals surface area contributed by atoms with Crippen LogP contribution in [0.25, 0.3) is 21.8 Å². The summed E-state index contributed by atoms with van der Waals surface area (Å²) in [5.41, 5.74) is 5.17. The summed E-state index contributed by atoms with van der Waals surface area (Å²) in [4.78, 5) is 22.2. The van der Waals surface area contributed by atoms with Crippen LogP contribution in [0.5, 0.6) is 0 Å². The molecule has 0 saturated heterocycles. The van der Waals surface area contributed by atoms with Gasteiger partial charge in [-0.25, -0.2) is 0 Å². The second-order valence-electron chi connectivity index (χ2n) is 6.72. The molecular weight excluding hydrogens is 336 g/mol. The Morgan fingerprint density at radius 2 is 1.26 bits per heavy atom. The Morgan fingerprint density at radius 3 is 1.70 bits per heavy atom. The third-order valence-corrected chi connectivity index (χ3v) is 4.91. The van der Waals surface area contributed by atoms with Crippen molar-refractivity contribution in [2.24, 2.45) is 0 Å². The second-order valence-corrected chi connectivity index (χ2v) is 6.72. The molecule has 0 spiro atoms. The van der Waals surface area contributed by atoms with Crippen molar-refractivity contribution in [2.45, 2.75) is 19.8 Å². The lowest BCUT2D eigenvalue weighted by Gasteiger charge is -2.17. The Bertz CT molecular complexity index is 1080. The second kappa shape index (κ2) is 6.80. The Balaban J connectivity index is 1.94. The van der Waals surface area contributed by atoms with Crippen LogP contribution in [-0.2, 0) is 9.53 Å². The fraction of sp³-hybridized carbons (Fsp3) is 0.174. The summed E-state index contributed by atoms with van der Waals surface area (Å²) in [6.45, 7) is 4.06. The maximum atomic E-state index is 12.7. The van der Waals surface area contributed by atoms with Gasteiger partial charge in [0.25, 0.3) is 0 Å². The average molecular weight is 356 g/mol. The van der Waals surface area contributed by atoms with Crippen molar-refractivity contribution in [1.82, 2.24) is 9.97 Å². The van der Waals surface area contributed by atoms with Crippen LogP contribution in [0.15, 0.2) is 60.7 Å². The number of rotatable bonds is 3. The number of nitrogens with zero attached hydrogens (tertiary/aromatic N) is 2. The number of fused-ring (bicyclic) bond motifs is 2. The van der Waals surface area contributed by atoms with E-state index in [4.69, 9.17) is 14.7 Å². The SMILES string of the molecule is COC(=O)C(c1cc(C)c2ccccc2n1)c1cc(C)c2ccccc2n1. The first-order valence-electron chi connectivity index (χ1n) is 8.89. The average Bonchev–Trinajstić information content (AvgIpc) is 2.68. The number of benzene rings is 2. The third kappa shape index (κ3) is 3.04. The molecule has 0 saturated carbocycles. The molecule has 0 unspecified atom stereocenters. The molecule has 4 heteroatoms. The van der Waals surface area contributed by atoms with Crippen molar-refractivity contribution in [2.75, 3.05) is 7.11 Å². The minimum absolute atomic E-state index is 0.362. The maximum absolute atomic E-state index is 12.7. The summed E-state index contributed by atoms with van der Waals surface area (Å²) in [6.07, 6.45) is 0. The standard InChI is InChI=1S/C23H20N2O2/c1-14-12-20(24-18-10-6-4-8-16(14)18)22(23(26)27-3)21-13-15(2)17-9-5-7-11-19(17)25-21/h4-13,22H,1-3H3. The predicted molar refractivity (Wildman–Crippen MR) is 107 cm³/mol. The van der Waals surface area contributed by atoms with Gasteiger partial charge in [-0.15, -0.1) is 0 Å². The largest absolute Gasteiger partial charge is 0.468 e. The van der Waals surface area contributed by atoms with E-state index >= 15 is 0 Å². The van der Waals surface area contributed by atoms with Crippen LogP contribution in [0, 0.1) is 13.8 Å². The molecule has 2 aromatic heterocycles. The van der Waals surface area contributed by atoms with Crippen LogP contribution >= 0.6 is 0 Å². The van der Waals surface area contributed by atoms with E-state index in [1.165, 1.54) is 7.11 Å². The zero-order valence-electron chi connectivity index (χ0n) is 15.6. The van der Waals surface area contributed by atoms with Crippen LogP contribution in [-0.4, -0.2) is 23.0 Å². The minimum atomic E-state index is -0.665. The molecule has 134 valence electrons. The number of aryl methyl sites for hydroxylation is 2. The van der Waals surface area contributed by atoms with E-state index < -0.39 is 5.92 Å². The molecule has 0 amide bonds. The van der Waals surface area contributed by atoms with Gasteiger partial charge >= 0.3 is 5.97 Å². The molecule has 2 aromatic carbocycles. The minimum Gasteiger partial charge on any atom is -0.468 e. The Labute approximate surface area is 157 Å². The molecule has 0 radical (unpaired) electrons. The van der Waals surface area contributed by atoms with Gasteiger partial charge < -0.3 is 4.74 Å². The summed E-state index contributed by atoms with van der Waals surface area (Å²) in [7, 11) is 1.40. The number of carbonyl (C=O) groups excluding carboxylic acids is 1. The van der Waals surface area contributed by atoms with Gasteiger partial charge in [-0.1, -0.05) is 36.4 Å². The molecule has 0 aliphatic rings. The number of pyridine rings is 2. The van der Waals surface area contributed by atoms with E-state index in [1.54, 1.807) is 0 Å². The Morgan fingerprint density at radius 1 is 0.815 bits per heavy atom. The summed E-state index contributed by atoms with van der Waals surface area (Å²) < 4.78 is 5.11. The zero-order chi connectivity index (χ0) is 19.0. The summed E-state index contributed by atoms with van der Waals surface area (Å²) in [5, 5.41) is 2.15. The topological polar surface area (TPSA) is 52.1 Å². The van der Waals surface area contributed by atoms with Gasteiger partial charge in [-0.2, -0.15) is 0 Å². The van der Waals surface area contributed by atoms with E-state index in [0.29, 0.717) is 11.4 Å².